The molecule has 1 aromatic carbocycles. The van der Waals surface area contributed by atoms with E-state index in [4.69, 9.17) is 0 Å². The number of rotatable bonds is 3. The number of benzene rings is 1. The van der Waals surface area contributed by atoms with Gasteiger partial charge in [0.15, 0.2) is 0 Å². The second kappa shape index (κ2) is 4.32. The molecule has 1 saturated heterocycles. The highest BCUT2D eigenvalue weighted by molar-refractivity contribution is 6.06. The number of allylic oxidation sites excluding steroid dienone is 2. The van der Waals surface area contributed by atoms with Crippen molar-refractivity contribution in [1.29, 1.82) is 0 Å². The van der Waals surface area contributed by atoms with E-state index >= 15 is 0 Å². The first-order valence-electron chi connectivity index (χ1n) is 8.30. The molecule has 5 rings (SSSR count). The molecule has 1 aromatic rings. The van der Waals surface area contributed by atoms with E-state index in [1.807, 2.05) is 0 Å². The number of fused-ring (bicyclic) bond motifs is 3. The van der Waals surface area contributed by atoms with E-state index in [-0.39, 0.29) is 53.1 Å². The molecule has 2 amide bonds. The number of non-ortho nitro benzene ring substituents is 1. The topological polar surface area (TPSA) is 80.5 Å². The third-order valence-corrected chi connectivity index (χ3v) is 6.43. The van der Waals surface area contributed by atoms with Gasteiger partial charge in [-0.05, 0) is 35.7 Å². The Labute approximate surface area is 138 Å². The maximum atomic E-state index is 12.8. The van der Waals surface area contributed by atoms with Crippen LogP contribution in [-0.2, 0) is 16.1 Å². The first kappa shape index (κ1) is 13.9. The summed E-state index contributed by atoms with van der Waals surface area (Å²) in [6, 6.07) is 6.04. The summed E-state index contributed by atoms with van der Waals surface area (Å²) >= 11 is 0. The summed E-state index contributed by atoms with van der Waals surface area (Å²) in [5.74, 6) is -0.0457. The monoisotopic (exact) mass is 324 g/mol. The Bertz CT molecular complexity index is 775. The first-order chi connectivity index (χ1) is 11.5. The third-order valence-electron chi connectivity index (χ3n) is 6.43. The van der Waals surface area contributed by atoms with Gasteiger partial charge >= 0.3 is 0 Å². The van der Waals surface area contributed by atoms with E-state index in [0.717, 1.165) is 18.4 Å². The molecule has 4 aliphatic rings. The van der Waals surface area contributed by atoms with Crippen LogP contribution in [-0.4, -0.2) is 21.6 Å². The molecule has 6 heteroatoms. The molecule has 0 N–H and O–H groups in total. The van der Waals surface area contributed by atoms with Gasteiger partial charge in [0.2, 0.25) is 11.8 Å². The Morgan fingerprint density at radius 3 is 2.04 bits per heavy atom. The number of nitro groups is 1. The van der Waals surface area contributed by atoms with Crippen LogP contribution >= 0.6 is 0 Å². The fourth-order valence-electron chi connectivity index (χ4n) is 5.20. The summed E-state index contributed by atoms with van der Waals surface area (Å²) in [6.07, 6.45) is 6.56. The summed E-state index contributed by atoms with van der Waals surface area (Å²) in [6.45, 7) is 0.203. The normalized spacial score (nSPS) is 34.2. The minimum Gasteiger partial charge on any atom is -0.278 e. The van der Waals surface area contributed by atoms with E-state index < -0.39 is 4.92 Å². The van der Waals surface area contributed by atoms with Gasteiger partial charge in [-0.1, -0.05) is 24.3 Å². The van der Waals surface area contributed by atoms with Gasteiger partial charge in [0.1, 0.15) is 0 Å². The van der Waals surface area contributed by atoms with Crippen molar-refractivity contribution >= 4 is 17.5 Å². The summed E-state index contributed by atoms with van der Waals surface area (Å²) in [7, 11) is 0. The van der Waals surface area contributed by atoms with Crippen molar-refractivity contribution < 1.29 is 14.5 Å². The summed E-state index contributed by atoms with van der Waals surface area (Å²) in [5, 5.41) is 10.7. The number of carbonyl (C=O) groups excluding carboxylic acids is 2. The molecule has 0 unspecified atom stereocenters. The van der Waals surface area contributed by atoms with Crippen LogP contribution in [0.3, 0.4) is 0 Å². The SMILES string of the molecule is O=C1[C@@H]2[C@H](C(=O)N1Cc1ccc([N+](=O)[O-])cc1)[C@@H]1C=C[C@@H]2C12CC2. The van der Waals surface area contributed by atoms with Gasteiger partial charge in [-0.15, -0.1) is 0 Å². The molecular formula is C18H16N2O4. The van der Waals surface area contributed by atoms with Gasteiger partial charge in [0.25, 0.3) is 5.69 Å². The lowest BCUT2D eigenvalue weighted by Gasteiger charge is -2.21. The highest BCUT2D eigenvalue weighted by Gasteiger charge is 2.73. The van der Waals surface area contributed by atoms with Crippen LogP contribution in [0.4, 0.5) is 5.69 Å². The van der Waals surface area contributed by atoms with Gasteiger partial charge in [0.05, 0.1) is 23.3 Å². The maximum Gasteiger partial charge on any atom is 0.269 e. The number of likely N-dealkylation sites (tertiary alicyclic amines) is 1. The zero-order valence-electron chi connectivity index (χ0n) is 12.9. The number of hydrogen-bond acceptors (Lipinski definition) is 4. The lowest BCUT2D eigenvalue weighted by molar-refractivity contribution is -0.384. The van der Waals surface area contributed by atoms with Crippen molar-refractivity contribution in [3.05, 3.63) is 52.1 Å². The summed E-state index contributed by atoms with van der Waals surface area (Å²) < 4.78 is 0. The molecule has 0 aromatic heterocycles. The van der Waals surface area contributed by atoms with Crippen LogP contribution in [0, 0.1) is 39.2 Å². The van der Waals surface area contributed by atoms with Crippen LogP contribution in [0.1, 0.15) is 18.4 Å². The van der Waals surface area contributed by atoms with Gasteiger partial charge in [-0.3, -0.25) is 24.6 Å². The number of nitrogens with zero attached hydrogens (tertiary/aromatic N) is 2. The fraction of sp³-hybridized carbons (Fsp3) is 0.444. The highest BCUT2D eigenvalue weighted by Crippen LogP contribution is 2.73. The van der Waals surface area contributed by atoms with E-state index in [1.54, 1.807) is 12.1 Å². The molecule has 6 nitrogen and oxygen atoms in total. The smallest absolute Gasteiger partial charge is 0.269 e. The summed E-state index contributed by atoms with van der Waals surface area (Å²) in [5.41, 5.74) is 0.955. The second-order valence-electron chi connectivity index (χ2n) is 7.41. The van der Waals surface area contributed by atoms with Crippen molar-refractivity contribution in [1.82, 2.24) is 4.90 Å². The fourth-order valence-corrected chi connectivity index (χ4v) is 5.20. The maximum absolute atomic E-state index is 12.8. The summed E-state index contributed by atoms with van der Waals surface area (Å²) in [4.78, 5) is 37.3. The van der Waals surface area contributed by atoms with Crippen molar-refractivity contribution in [2.24, 2.45) is 29.1 Å². The molecule has 3 fully saturated rings. The Morgan fingerprint density at radius 1 is 1.04 bits per heavy atom. The molecule has 122 valence electrons. The molecule has 4 atom stereocenters. The zero-order valence-corrected chi connectivity index (χ0v) is 12.9. The lowest BCUT2D eigenvalue weighted by atomic mass is 9.85. The van der Waals surface area contributed by atoms with Gasteiger partial charge in [-0.25, -0.2) is 0 Å². The van der Waals surface area contributed by atoms with Crippen molar-refractivity contribution in [2.45, 2.75) is 19.4 Å². The van der Waals surface area contributed by atoms with E-state index in [9.17, 15) is 19.7 Å². The standard InChI is InChI=1S/C18H16N2O4/c21-16-14-12-5-6-13(18(12)7-8-18)15(14)17(22)19(16)9-10-1-3-11(4-2-10)20(23)24/h1-6,12-15H,7-9H2/t12-,13-,14-,15+/m0/s1. The van der Waals surface area contributed by atoms with Crippen LogP contribution in [0.15, 0.2) is 36.4 Å². The number of nitro benzene ring substituents is 1. The zero-order chi connectivity index (χ0) is 16.6. The van der Waals surface area contributed by atoms with Gasteiger partial charge in [-0.2, -0.15) is 0 Å². The predicted octanol–water partition coefficient (Wildman–Crippen LogP) is 2.29. The van der Waals surface area contributed by atoms with Crippen LogP contribution in [0.2, 0.25) is 0 Å². The van der Waals surface area contributed by atoms with Crippen molar-refractivity contribution in [3.8, 4) is 0 Å². The highest BCUT2D eigenvalue weighted by atomic mass is 16.6. The van der Waals surface area contributed by atoms with Gasteiger partial charge in [0, 0.05) is 12.1 Å². The number of carbonyl (C=O) groups is 2. The van der Waals surface area contributed by atoms with E-state index in [2.05, 4.69) is 12.2 Å². The van der Waals surface area contributed by atoms with Crippen LogP contribution < -0.4 is 0 Å². The molecule has 2 bridgehead atoms. The third kappa shape index (κ3) is 1.56. The van der Waals surface area contributed by atoms with Crippen LogP contribution in [0.25, 0.3) is 0 Å². The van der Waals surface area contributed by atoms with Gasteiger partial charge < -0.3 is 0 Å². The lowest BCUT2D eigenvalue weighted by Crippen LogP contribution is -2.34. The second-order valence-corrected chi connectivity index (χ2v) is 7.41. The molecule has 24 heavy (non-hydrogen) atoms. The number of hydrogen-bond donors (Lipinski definition) is 0. The Morgan fingerprint density at radius 2 is 1.58 bits per heavy atom. The minimum atomic E-state index is -0.460. The average molecular weight is 324 g/mol. The quantitative estimate of drug-likeness (QED) is 0.370. The molecule has 1 heterocycles. The Balaban J connectivity index is 1.40. The molecule has 3 aliphatic carbocycles. The van der Waals surface area contributed by atoms with Crippen molar-refractivity contribution in [3.63, 3.8) is 0 Å². The largest absolute Gasteiger partial charge is 0.278 e. The minimum absolute atomic E-state index is 0.00705. The predicted molar refractivity (Wildman–Crippen MR) is 83.4 cm³/mol. The molecule has 0 radical (unpaired) electrons. The van der Waals surface area contributed by atoms with E-state index in [0.29, 0.717) is 0 Å². The molecule has 2 saturated carbocycles. The number of amides is 2. The molecular weight excluding hydrogens is 308 g/mol. The number of imide groups is 1. The Kier molecular flexibility index (Phi) is 2.50. The average Bonchev–Trinajstić information content (AvgIpc) is 3.18. The van der Waals surface area contributed by atoms with Crippen molar-refractivity contribution in [2.75, 3.05) is 0 Å². The van der Waals surface area contributed by atoms with Crippen LogP contribution in [0.5, 0.6) is 0 Å². The van der Waals surface area contributed by atoms with E-state index in [1.165, 1.54) is 17.0 Å². The Hall–Kier alpha value is -2.50. The first-order valence-corrected chi connectivity index (χ1v) is 8.30. The molecule has 1 aliphatic heterocycles. The molecule has 1 spiro atoms.